The van der Waals surface area contributed by atoms with Crippen molar-refractivity contribution in [3.8, 4) is 0 Å². The highest BCUT2D eigenvalue weighted by Gasteiger charge is 2.22. The third kappa shape index (κ3) is 3.61. The summed E-state index contributed by atoms with van der Waals surface area (Å²) in [4.78, 5) is 14.0. The molecule has 0 spiro atoms. The highest BCUT2D eigenvalue weighted by atomic mass is 16.5. The number of carbonyl (C=O) groups excluding carboxylic acids is 1. The minimum Gasteiger partial charge on any atom is -0.463 e. The summed E-state index contributed by atoms with van der Waals surface area (Å²) in [6.07, 6.45) is 2.53. The second-order valence-electron chi connectivity index (χ2n) is 2.31. The van der Waals surface area contributed by atoms with Gasteiger partial charge in [-0.1, -0.05) is 13.3 Å². The second-order valence-corrected chi connectivity index (χ2v) is 2.31. The number of carbonyl (C=O) groups is 1. The van der Waals surface area contributed by atoms with Gasteiger partial charge in [0.05, 0.1) is 7.11 Å². The van der Waals surface area contributed by atoms with Crippen LogP contribution < -0.4 is 0 Å². The summed E-state index contributed by atoms with van der Waals surface area (Å²) in [7, 11) is 1.31. The molecule has 0 rings (SSSR count). The zero-order chi connectivity index (χ0) is 8.69. The van der Waals surface area contributed by atoms with Gasteiger partial charge >= 0.3 is 12.0 Å². The lowest BCUT2D eigenvalue weighted by Gasteiger charge is -2.00. The molecule has 3 nitrogen and oxygen atoms in total. The summed E-state index contributed by atoms with van der Waals surface area (Å²) in [5.74, 6) is -0.409. The minimum atomic E-state index is -0.583. The van der Waals surface area contributed by atoms with E-state index in [0.29, 0.717) is 6.42 Å². The van der Waals surface area contributed by atoms with Crippen LogP contribution in [0.15, 0.2) is 0 Å². The van der Waals surface area contributed by atoms with Crippen molar-refractivity contribution in [3.63, 3.8) is 0 Å². The van der Waals surface area contributed by atoms with E-state index in [1.54, 1.807) is 0 Å². The van der Waals surface area contributed by atoms with E-state index in [9.17, 15) is 4.79 Å². The molecule has 0 amide bonds. The van der Waals surface area contributed by atoms with Crippen LogP contribution in [0.2, 0.25) is 0 Å². The molecule has 1 atom stereocenters. The normalized spacial score (nSPS) is 11.7. The lowest BCUT2D eigenvalue weighted by atomic mass is 10.1. The van der Waals surface area contributed by atoms with Gasteiger partial charge in [-0.25, -0.2) is 11.4 Å². The van der Waals surface area contributed by atoms with E-state index in [-0.39, 0.29) is 0 Å². The molecule has 0 aliphatic carbocycles. The SMILES string of the molecule is [C-]#[N+]C(CCCC)C(=O)OC. The molecule has 0 bridgehead atoms. The molecule has 0 aromatic carbocycles. The van der Waals surface area contributed by atoms with Crippen molar-refractivity contribution in [3.05, 3.63) is 11.4 Å². The van der Waals surface area contributed by atoms with E-state index in [1.807, 2.05) is 6.92 Å². The average Bonchev–Trinajstić information content (AvgIpc) is 2.05. The van der Waals surface area contributed by atoms with Crippen molar-refractivity contribution in [2.24, 2.45) is 0 Å². The van der Waals surface area contributed by atoms with Crippen LogP contribution in [0.5, 0.6) is 0 Å². The van der Waals surface area contributed by atoms with E-state index in [2.05, 4.69) is 9.58 Å². The first kappa shape index (κ1) is 9.96. The van der Waals surface area contributed by atoms with Gasteiger partial charge in [0.2, 0.25) is 0 Å². The fourth-order valence-corrected chi connectivity index (χ4v) is 0.769. The van der Waals surface area contributed by atoms with Gasteiger partial charge in [0.1, 0.15) is 0 Å². The molecule has 0 saturated carbocycles. The van der Waals surface area contributed by atoms with Gasteiger partial charge in [0.15, 0.2) is 0 Å². The third-order valence-corrected chi connectivity index (χ3v) is 1.46. The monoisotopic (exact) mass is 155 g/mol. The van der Waals surface area contributed by atoms with Crippen LogP contribution in [-0.4, -0.2) is 19.1 Å². The maximum absolute atomic E-state index is 10.8. The van der Waals surface area contributed by atoms with E-state index >= 15 is 0 Å². The number of hydrogen-bond donors (Lipinski definition) is 0. The smallest absolute Gasteiger partial charge is 0.389 e. The molecule has 3 heteroatoms. The standard InChI is InChI=1S/C8H13NO2/c1-4-5-6-7(9-2)8(10)11-3/h7H,4-6H2,1,3H3. The van der Waals surface area contributed by atoms with E-state index in [1.165, 1.54) is 7.11 Å². The molecule has 0 heterocycles. The van der Waals surface area contributed by atoms with Crippen LogP contribution in [0.1, 0.15) is 26.2 Å². The Morgan fingerprint density at radius 1 is 1.73 bits per heavy atom. The molecule has 0 radical (unpaired) electrons. The zero-order valence-corrected chi connectivity index (χ0v) is 6.96. The molecule has 0 fully saturated rings. The number of esters is 1. The molecule has 0 N–H and O–H groups in total. The van der Waals surface area contributed by atoms with Crippen molar-refractivity contribution in [2.45, 2.75) is 32.2 Å². The number of methoxy groups -OCH3 is 1. The molecule has 11 heavy (non-hydrogen) atoms. The van der Waals surface area contributed by atoms with Crippen molar-refractivity contribution < 1.29 is 9.53 Å². The maximum Gasteiger partial charge on any atom is 0.389 e. The number of unbranched alkanes of at least 4 members (excludes halogenated alkanes) is 1. The van der Waals surface area contributed by atoms with Gasteiger partial charge in [-0.05, 0) is 6.42 Å². The number of hydrogen-bond acceptors (Lipinski definition) is 2. The summed E-state index contributed by atoms with van der Waals surface area (Å²) in [5, 5.41) is 0. The lowest BCUT2D eigenvalue weighted by molar-refractivity contribution is -0.141. The summed E-state index contributed by atoms with van der Waals surface area (Å²) in [6, 6.07) is -0.583. The largest absolute Gasteiger partial charge is 0.463 e. The Hall–Kier alpha value is -1.04. The van der Waals surface area contributed by atoms with Gasteiger partial charge in [0.25, 0.3) is 0 Å². The number of rotatable bonds is 4. The van der Waals surface area contributed by atoms with Gasteiger partial charge in [-0.3, -0.25) is 0 Å². The molecule has 0 aliphatic rings. The van der Waals surface area contributed by atoms with E-state index in [4.69, 9.17) is 6.57 Å². The Bertz CT molecular complexity index is 160. The van der Waals surface area contributed by atoms with Crippen LogP contribution in [0.3, 0.4) is 0 Å². The van der Waals surface area contributed by atoms with Crippen LogP contribution >= 0.6 is 0 Å². The van der Waals surface area contributed by atoms with Gasteiger partial charge in [0, 0.05) is 6.42 Å². The van der Waals surface area contributed by atoms with Gasteiger partial charge in [-0.15, -0.1) is 0 Å². The first-order valence-corrected chi connectivity index (χ1v) is 3.70. The molecule has 0 aromatic rings. The van der Waals surface area contributed by atoms with Gasteiger partial charge < -0.3 is 9.58 Å². The second kappa shape index (κ2) is 5.72. The first-order chi connectivity index (χ1) is 5.26. The molecule has 0 aliphatic heterocycles. The molecule has 1 unspecified atom stereocenters. The fraction of sp³-hybridized carbons (Fsp3) is 0.750. The zero-order valence-electron chi connectivity index (χ0n) is 6.96. The van der Waals surface area contributed by atoms with Crippen LogP contribution in [0.25, 0.3) is 4.85 Å². The van der Waals surface area contributed by atoms with Crippen molar-refractivity contribution >= 4 is 5.97 Å². The fourth-order valence-electron chi connectivity index (χ4n) is 0.769. The predicted octanol–water partition coefficient (Wildman–Crippen LogP) is 1.64. The summed E-state index contributed by atoms with van der Waals surface area (Å²) in [5.41, 5.74) is 0. The predicted molar refractivity (Wildman–Crippen MR) is 41.9 cm³/mol. The lowest BCUT2D eigenvalue weighted by Crippen LogP contribution is -2.18. The average molecular weight is 155 g/mol. The highest BCUT2D eigenvalue weighted by Crippen LogP contribution is 2.05. The highest BCUT2D eigenvalue weighted by molar-refractivity contribution is 5.77. The van der Waals surface area contributed by atoms with Crippen molar-refractivity contribution in [2.75, 3.05) is 7.11 Å². The van der Waals surface area contributed by atoms with Crippen LogP contribution in [0, 0.1) is 6.57 Å². The molecule has 62 valence electrons. The Labute approximate surface area is 67.2 Å². The third-order valence-electron chi connectivity index (χ3n) is 1.46. The summed E-state index contributed by atoms with van der Waals surface area (Å²) in [6.45, 7) is 8.72. The minimum absolute atomic E-state index is 0.409. The maximum atomic E-state index is 10.8. The van der Waals surface area contributed by atoms with Crippen molar-refractivity contribution in [1.29, 1.82) is 0 Å². The molecular formula is C8H13NO2. The van der Waals surface area contributed by atoms with Crippen LogP contribution in [0.4, 0.5) is 0 Å². The van der Waals surface area contributed by atoms with Gasteiger partial charge in [-0.2, -0.15) is 0 Å². The van der Waals surface area contributed by atoms with E-state index in [0.717, 1.165) is 12.8 Å². The van der Waals surface area contributed by atoms with E-state index < -0.39 is 12.0 Å². The molecule has 0 aromatic heterocycles. The summed E-state index contributed by atoms with van der Waals surface area (Å²) >= 11 is 0. The summed E-state index contributed by atoms with van der Waals surface area (Å²) < 4.78 is 4.45. The van der Waals surface area contributed by atoms with Crippen molar-refractivity contribution in [1.82, 2.24) is 0 Å². The Morgan fingerprint density at radius 3 is 2.73 bits per heavy atom. The Morgan fingerprint density at radius 2 is 2.36 bits per heavy atom. The Kier molecular flexibility index (Phi) is 5.18. The first-order valence-electron chi connectivity index (χ1n) is 3.70. The number of ether oxygens (including phenoxy) is 1. The molecular weight excluding hydrogens is 142 g/mol. The Balaban J connectivity index is 3.78. The quantitative estimate of drug-likeness (QED) is 0.456. The molecule has 0 saturated heterocycles. The van der Waals surface area contributed by atoms with Crippen LogP contribution in [-0.2, 0) is 9.53 Å². The topological polar surface area (TPSA) is 30.7 Å². The number of nitrogens with zero attached hydrogens (tertiary/aromatic N) is 1.